The lowest BCUT2D eigenvalue weighted by Gasteiger charge is -2.15. The molecule has 2 N–H and O–H groups in total. The van der Waals surface area contributed by atoms with Crippen LogP contribution in [0.4, 0.5) is 0 Å². The Morgan fingerprint density at radius 1 is 1.53 bits per heavy atom. The van der Waals surface area contributed by atoms with E-state index in [9.17, 15) is 4.79 Å². The number of carboxylic acid groups (broad SMARTS) is 1. The summed E-state index contributed by atoms with van der Waals surface area (Å²) in [6.45, 7) is 3.28. The number of carbonyl (C=O) groups is 1. The Kier molecular flexibility index (Phi) is 7.13. The lowest BCUT2D eigenvalue weighted by Crippen LogP contribution is -2.18. The SMILES string of the molecule is CC(C)C(=O)O.ON=C1CCCCC1Cl. The first-order valence-corrected chi connectivity index (χ1v) is 5.50. The van der Waals surface area contributed by atoms with E-state index in [1.807, 2.05) is 0 Å². The number of hydrogen-bond acceptors (Lipinski definition) is 3. The molecule has 0 spiro atoms. The average molecular weight is 236 g/mol. The Labute approximate surface area is 94.9 Å². The molecular formula is C10H18ClNO3. The minimum Gasteiger partial charge on any atom is -0.481 e. The van der Waals surface area contributed by atoms with Gasteiger partial charge in [0.25, 0.3) is 0 Å². The van der Waals surface area contributed by atoms with E-state index in [0.29, 0.717) is 0 Å². The second-order valence-corrected chi connectivity index (χ2v) is 4.32. The van der Waals surface area contributed by atoms with Gasteiger partial charge in [0.2, 0.25) is 0 Å². The Bertz CT molecular complexity index is 229. The largest absolute Gasteiger partial charge is 0.481 e. The van der Waals surface area contributed by atoms with E-state index >= 15 is 0 Å². The zero-order valence-electron chi connectivity index (χ0n) is 9.11. The third-order valence-corrected chi connectivity index (χ3v) is 2.59. The van der Waals surface area contributed by atoms with E-state index in [1.54, 1.807) is 13.8 Å². The summed E-state index contributed by atoms with van der Waals surface area (Å²) in [4.78, 5) is 9.70. The van der Waals surface area contributed by atoms with Gasteiger partial charge in [0.05, 0.1) is 17.0 Å². The van der Waals surface area contributed by atoms with E-state index in [1.165, 1.54) is 0 Å². The maximum Gasteiger partial charge on any atom is 0.305 e. The minimum atomic E-state index is -0.741. The van der Waals surface area contributed by atoms with Gasteiger partial charge in [-0.3, -0.25) is 4.79 Å². The zero-order chi connectivity index (χ0) is 11.8. The van der Waals surface area contributed by atoms with Crippen molar-refractivity contribution >= 4 is 23.3 Å². The van der Waals surface area contributed by atoms with Crippen molar-refractivity contribution in [3.8, 4) is 0 Å². The summed E-state index contributed by atoms with van der Waals surface area (Å²) in [6.07, 6.45) is 4.10. The molecule has 88 valence electrons. The van der Waals surface area contributed by atoms with Crippen molar-refractivity contribution < 1.29 is 15.1 Å². The first kappa shape index (κ1) is 14.2. The first-order chi connectivity index (χ1) is 6.99. The van der Waals surface area contributed by atoms with Crippen molar-refractivity contribution in [3.63, 3.8) is 0 Å². The molecule has 1 aliphatic carbocycles. The standard InChI is InChI=1S/C6H10ClNO.C4H8O2/c7-5-3-1-2-4-6(5)8-9;1-3(2)4(5)6/h5,9H,1-4H2;3H,1-2H3,(H,5,6). The van der Waals surface area contributed by atoms with Gasteiger partial charge in [0, 0.05) is 0 Å². The number of carboxylic acids is 1. The van der Waals surface area contributed by atoms with Crippen LogP contribution in [0.15, 0.2) is 5.16 Å². The Morgan fingerprint density at radius 2 is 2.07 bits per heavy atom. The van der Waals surface area contributed by atoms with Crippen LogP contribution < -0.4 is 0 Å². The first-order valence-electron chi connectivity index (χ1n) is 5.06. The Balaban J connectivity index is 0.000000288. The van der Waals surface area contributed by atoms with Gasteiger partial charge in [-0.1, -0.05) is 25.4 Å². The van der Waals surface area contributed by atoms with Crippen LogP contribution in [0.3, 0.4) is 0 Å². The van der Waals surface area contributed by atoms with E-state index < -0.39 is 5.97 Å². The molecule has 1 fully saturated rings. The Hall–Kier alpha value is -0.770. The van der Waals surface area contributed by atoms with Gasteiger partial charge in [0.15, 0.2) is 0 Å². The van der Waals surface area contributed by atoms with Crippen molar-refractivity contribution in [2.45, 2.75) is 44.9 Å². The molecule has 0 amide bonds. The maximum atomic E-state index is 9.70. The highest BCUT2D eigenvalue weighted by atomic mass is 35.5. The topological polar surface area (TPSA) is 69.9 Å². The van der Waals surface area contributed by atoms with Crippen LogP contribution in [0, 0.1) is 5.92 Å². The van der Waals surface area contributed by atoms with Crippen LogP contribution in [-0.4, -0.2) is 27.4 Å². The molecule has 1 aliphatic rings. The molecule has 15 heavy (non-hydrogen) atoms. The molecule has 1 rings (SSSR count). The van der Waals surface area contributed by atoms with Crippen LogP contribution in [-0.2, 0) is 4.79 Å². The number of rotatable bonds is 1. The number of aliphatic carboxylic acids is 1. The quantitative estimate of drug-likeness (QED) is 0.417. The van der Waals surface area contributed by atoms with Crippen LogP contribution >= 0.6 is 11.6 Å². The number of alkyl halides is 1. The summed E-state index contributed by atoms with van der Waals surface area (Å²) in [7, 11) is 0. The summed E-state index contributed by atoms with van der Waals surface area (Å²) in [5.41, 5.74) is 0.753. The Morgan fingerprint density at radius 3 is 2.33 bits per heavy atom. The van der Waals surface area contributed by atoms with Gasteiger partial charge < -0.3 is 10.3 Å². The summed E-state index contributed by atoms with van der Waals surface area (Å²) in [5.74, 6) is -0.972. The van der Waals surface area contributed by atoms with Crippen LogP contribution in [0.1, 0.15) is 39.5 Å². The lowest BCUT2D eigenvalue weighted by molar-refractivity contribution is -0.140. The number of hydrogen-bond donors (Lipinski definition) is 2. The van der Waals surface area contributed by atoms with Crippen LogP contribution in [0.5, 0.6) is 0 Å². The molecule has 0 saturated heterocycles. The van der Waals surface area contributed by atoms with E-state index in [-0.39, 0.29) is 11.3 Å². The summed E-state index contributed by atoms with van der Waals surface area (Å²) >= 11 is 5.79. The summed E-state index contributed by atoms with van der Waals surface area (Å²) in [6, 6.07) is 0. The van der Waals surface area contributed by atoms with E-state index in [0.717, 1.165) is 31.4 Å². The molecule has 4 nitrogen and oxygen atoms in total. The van der Waals surface area contributed by atoms with Crippen molar-refractivity contribution in [2.24, 2.45) is 11.1 Å². The minimum absolute atomic E-state index is 0.0104. The maximum absolute atomic E-state index is 9.70. The second kappa shape index (κ2) is 7.51. The highest BCUT2D eigenvalue weighted by Gasteiger charge is 2.17. The van der Waals surface area contributed by atoms with Gasteiger partial charge in [-0.25, -0.2) is 0 Å². The van der Waals surface area contributed by atoms with Crippen molar-refractivity contribution in [3.05, 3.63) is 0 Å². The smallest absolute Gasteiger partial charge is 0.305 e. The lowest BCUT2D eigenvalue weighted by atomic mass is 9.98. The molecule has 0 aromatic heterocycles. The van der Waals surface area contributed by atoms with Crippen molar-refractivity contribution in [2.75, 3.05) is 0 Å². The van der Waals surface area contributed by atoms with Crippen LogP contribution in [0.2, 0.25) is 0 Å². The molecule has 1 unspecified atom stereocenters. The monoisotopic (exact) mass is 235 g/mol. The van der Waals surface area contributed by atoms with Gasteiger partial charge >= 0.3 is 5.97 Å². The predicted octanol–water partition coefficient (Wildman–Crippen LogP) is 2.73. The van der Waals surface area contributed by atoms with E-state index in [4.69, 9.17) is 21.9 Å². The van der Waals surface area contributed by atoms with Crippen LogP contribution in [0.25, 0.3) is 0 Å². The van der Waals surface area contributed by atoms with Gasteiger partial charge in [0.1, 0.15) is 0 Å². The highest BCUT2D eigenvalue weighted by Crippen LogP contribution is 2.19. The van der Waals surface area contributed by atoms with Crippen molar-refractivity contribution in [1.29, 1.82) is 0 Å². The average Bonchev–Trinajstić information content (AvgIpc) is 2.19. The zero-order valence-corrected chi connectivity index (χ0v) is 9.87. The molecular weight excluding hydrogens is 218 g/mol. The number of oxime groups is 1. The molecule has 5 heteroatoms. The van der Waals surface area contributed by atoms with E-state index in [2.05, 4.69) is 5.16 Å². The summed E-state index contributed by atoms with van der Waals surface area (Å²) in [5, 5.41) is 19.5. The van der Waals surface area contributed by atoms with Gasteiger partial charge in [-0.15, -0.1) is 11.6 Å². The molecule has 0 heterocycles. The second-order valence-electron chi connectivity index (χ2n) is 3.80. The fourth-order valence-corrected chi connectivity index (χ4v) is 1.37. The third kappa shape index (κ3) is 6.33. The normalized spacial score (nSPS) is 23.5. The predicted molar refractivity (Wildman–Crippen MR) is 59.8 cm³/mol. The third-order valence-electron chi connectivity index (χ3n) is 2.12. The molecule has 1 saturated carbocycles. The summed E-state index contributed by atoms with van der Waals surface area (Å²) < 4.78 is 0. The number of nitrogens with zero attached hydrogens (tertiary/aromatic N) is 1. The van der Waals surface area contributed by atoms with Crippen molar-refractivity contribution in [1.82, 2.24) is 0 Å². The fourth-order valence-electron chi connectivity index (χ4n) is 1.07. The molecule has 0 aromatic rings. The molecule has 0 bridgehead atoms. The fraction of sp³-hybridized carbons (Fsp3) is 0.800. The highest BCUT2D eigenvalue weighted by molar-refractivity contribution is 6.32. The molecule has 0 aliphatic heterocycles. The molecule has 1 atom stereocenters. The molecule has 0 aromatic carbocycles. The number of halogens is 1. The van der Waals surface area contributed by atoms with Gasteiger partial charge in [-0.05, 0) is 19.3 Å². The molecule has 0 radical (unpaired) electrons. The van der Waals surface area contributed by atoms with Gasteiger partial charge in [-0.2, -0.15) is 0 Å².